The SMILES string of the molecule is Cc1nn(C)cc1Nc1ccc(N)cc1C(N)=O. The molecule has 0 radical (unpaired) electrons. The predicted molar refractivity (Wildman–Crippen MR) is 70.6 cm³/mol. The number of aromatic nitrogens is 2. The number of aryl methyl sites for hydroxylation is 2. The average Bonchev–Trinajstić information content (AvgIpc) is 2.60. The van der Waals surface area contributed by atoms with E-state index < -0.39 is 5.91 Å². The van der Waals surface area contributed by atoms with E-state index in [1.165, 1.54) is 0 Å². The molecule has 6 heteroatoms. The summed E-state index contributed by atoms with van der Waals surface area (Å²) in [5.74, 6) is -0.522. The van der Waals surface area contributed by atoms with Gasteiger partial charge in [0.15, 0.2) is 0 Å². The quantitative estimate of drug-likeness (QED) is 0.706. The summed E-state index contributed by atoms with van der Waals surface area (Å²) in [4.78, 5) is 11.4. The van der Waals surface area contributed by atoms with Gasteiger partial charge in [-0.3, -0.25) is 9.48 Å². The molecule has 1 aromatic carbocycles. The second kappa shape index (κ2) is 4.40. The maximum atomic E-state index is 11.4. The van der Waals surface area contributed by atoms with Gasteiger partial charge >= 0.3 is 0 Å². The molecule has 2 aromatic rings. The Morgan fingerprint density at radius 2 is 2.11 bits per heavy atom. The number of nitrogens with zero attached hydrogens (tertiary/aromatic N) is 2. The van der Waals surface area contributed by atoms with E-state index in [0.29, 0.717) is 16.9 Å². The van der Waals surface area contributed by atoms with Crippen molar-refractivity contribution in [1.29, 1.82) is 0 Å². The number of anilines is 3. The minimum Gasteiger partial charge on any atom is -0.399 e. The molecule has 0 aliphatic rings. The molecule has 0 spiro atoms. The number of nitrogens with one attached hydrogen (secondary N) is 1. The number of hydrogen-bond acceptors (Lipinski definition) is 4. The fraction of sp³-hybridized carbons (Fsp3) is 0.167. The van der Waals surface area contributed by atoms with Crippen molar-refractivity contribution in [3.8, 4) is 0 Å². The third-order valence-electron chi connectivity index (χ3n) is 2.59. The van der Waals surface area contributed by atoms with Crippen molar-refractivity contribution >= 4 is 23.0 Å². The summed E-state index contributed by atoms with van der Waals surface area (Å²) in [5.41, 5.74) is 14.1. The highest BCUT2D eigenvalue weighted by molar-refractivity contribution is 6.00. The Morgan fingerprint density at radius 1 is 1.39 bits per heavy atom. The summed E-state index contributed by atoms with van der Waals surface area (Å²) in [7, 11) is 1.83. The molecule has 1 aromatic heterocycles. The van der Waals surface area contributed by atoms with E-state index in [1.54, 1.807) is 22.9 Å². The normalized spacial score (nSPS) is 10.3. The van der Waals surface area contributed by atoms with E-state index in [4.69, 9.17) is 11.5 Å². The minimum absolute atomic E-state index is 0.359. The molecule has 18 heavy (non-hydrogen) atoms. The monoisotopic (exact) mass is 245 g/mol. The third kappa shape index (κ3) is 2.27. The third-order valence-corrected chi connectivity index (χ3v) is 2.59. The Balaban J connectivity index is 2.40. The second-order valence-corrected chi connectivity index (χ2v) is 4.10. The van der Waals surface area contributed by atoms with E-state index in [1.807, 2.05) is 20.2 Å². The van der Waals surface area contributed by atoms with Gasteiger partial charge in [0.1, 0.15) is 0 Å². The summed E-state index contributed by atoms with van der Waals surface area (Å²) in [6, 6.07) is 4.98. The Kier molecular flexibility index (Phi) is 2.93. The summed E-state index contributed by atoms with van der Waals surface area (Å²) in [6.45, 7) is 1.88. The highest BCUT2D eigenvalue weighted by Crippen LogP contribution is 2.24. The van der Waals surface area contributed by atoms with E-state index in [2.05, 4.69) is 10.4 Å². The molecule has 0 aliphatic carbocycles. The number of hydrogen-bond donors (Lipinski definition) is 3. The standard InChI is InChI=1S/C12H15N5O/c1-7-11(6-17(2)16-7)15-10-4-3-8(13)5-9(10)12(14)18/h3-6,15H,13H2,1-2H3,(H2,14,18). The van der Waals surface area contributed by atoms with Crippen molar-refractivity contribution in [1.82, 2.24) is 9.78 Å². The largest absolute Gasteiger partial charge is 0.399 e. The van der Waals surface area contributed by atoms with Gasteiger partial charge in [0.25, 0.3) is 5.91 Å². The van der Waals surface area contributed by atoms with Gasteiger partial charge in [0.2, 0.25) is 0 Å². The molecule has 0 saturated carbocycles. The molecule has 0 bridgehead atoms. The van der Waals surface area contributed by atoms with Crippen LogP contribution in [0.2, 0.25) is 0 Å². The molecule has 1 amide bonds. The van der Waals surface area contributed by atoms with Crippen LogP contribution in [0.4, 0.5) is 17.1 Å². The van der Waals surface area contributed by atoms with Crippen molar-refractivity contribution in [2.24, 2.45) is 12.8 Å². The molecule has 0 aliphatic heterocycles. The van der Waals surface area contributed by atoms with Crippen molar-refractivity contribution in [3.63, 3.8) is 0 Å². The van der Waals surface area contributed by atoms with Gasteiger partial charge in [0.05, 0.1) is 22.6 Å². The first-order chi connectivity index (χ1) is 8.47. The lowest BCUT2D eigenvalue weighted by atomic mass is 10.1. The van der Waals surface area contributed by atoms with Gasteiger partial charge < -0.3 is 16.8 Å². The number of rotatable bonds is 3. The molecule has 0 unspecified atom stereocenters. The van der Waals surface area contributed by atoms with E-state index in [-0.39, 0.29) is 0 Å². The topological polar surface area (TPSA) is 99.0 Å². The first-order valence-electron chi connectivity index (χ1n) is 5.44. The number of nitrogens with two attached hydrogens (primary N) is 2. The molecule has 5 N–H and O–H groups in total. The lowest BCUT2D eigenvalue weighted by Crippen LogP contribution is -2.13. The summed E-state index contributed by atoms with van der Waals surface area (Å²) >= 11 is 0. The molecule has 2 rings (SSSR count). The molecule has 0 fully saturated rings. The van der Waals surface area contributed by atoms with Crippen LogP contribution in [-0.2, 0) is 7.05 Å². The molecular formula is C12H15N5O. The second-order valence-electron chi connectivity index (χ2n) is 4.10. The van der Waals surface area contributed by atoms with Crippen LogP contribution in [0.3, 0.4) is 0 Å². The van der Waals surface area contributed by atoms with Gasteiger partial charge in [-0.05, 0) is 25.1 Å². The summed E-state index contributed by atoms with van der Waals surface area (Å²) < 4.78 is 1.69. The van der Waals surface area contributed by atoms with E-state index in [0.717, 1.165) is 11.4 Å². The van der Waals surface area contributed by atoms with Crippen LogP contribution in [0.25, 0.3) is 0 Å². The number of primary amides is 1. The summed E-state index contributed by atoms with van der Waals surface area (Å²) in [6.07, 6.45) is 1.83. The van der Waals surface area contributed by atoms with Crippen LogP contribution in [0, 0.1) is 6.92 Å². The van der Waals surface area contributed by atoms with Gasteiger partial charge in [-0.25, -0.2) is 0 Å². The highest BCUT2D eigenvalue weighted by Gasteiger charge is 2.11. The zero-order valence-electron chi connectivity index (χ0n) is 10.3. The molecule has 1 heterocycles. The maximum Gasteiger partial charge on any atom is 0.250 e. The lowest BCUT2D eigenvalue weighted by molar-refractivity contribution is 0.100. The predicted octanol–water partition coefficient (Wildman–Crippen LogP) is 1.15. The average molecular weight is 245 g/mol. The zero-order chi connectivity index (χ0) is 13.3. The number of benzene rings is 1. The fourth-order valence-corrected chi connectivity index (χ4v) is 1.74. The first kappa shape index (κ1) is 12.0. The van der Waals surface area contributed by atoms with Crippen LogP contribution in [0.5, 0.6) is 0 Å². The Bertz CT molecular complexity index is 603. The molecule has 0 saturated heterocycles. The fourth-order valence-electron chi connectivity index (χ4n) is 1.74. The van der Waals surface area contributed by atoms with E-state index >= 15 is 0 Å². The van der Waals surface area contributed by atoms with Crippen molar-refractivity contribution in [2.45, 2.75) is 6.92 Å². The van der Waals surface area contributed by atoms with Crippen molar-refractivity contribution < 1.29 is 4.79 Å². The lowest BCUT2D eigenvalue weighted by Gasteiger charge is -2.09. The van der Waals surface area contributed by atoms with Crippen LogP contribution < -0.4 is 16.8 Å². The van der Waals surface area contributed by atoms with E-state index in [9.17, 15) is 4.79 Å². The number of carbonyl (C=O) groups excluding carboxylic acids is 1. The van der Waals surface area contributed by atoms with Crippen LogP contribution in [0.1, 0.15) is 16.1 Å². The van der Waals surface area contributed by atoms with Crippen molar-refractivity contribution in [2.75, 3.05) is 11.1 Å². The number of nitrogen functional groups attached to an aromatic ring is 1. The number of amides is 1. The Labute approximate surface area is 105 Å². The smallest absolute Gasteiger partial charge is 0.250 e. The van der Waals surface area contributed by atoms with Gasteiger partial charge in [-0.15, -0.1) is 0 Å². The van der Waals surface area contributed by atoms with Crippen LogP contribution in [0.15, 0.2) is 24.4 Å². The van der Waals surface area contributed by atoms with Crippen LogP contribution >= 0.6 is 0 Å². The van der Waals surface area contributed by atoms with Gasteiger partial charge in [-0.1, -0.05) is 0 Å². The minimum atomic E-state index is -0.522. The number of carbonyl (C=O) groups is 1. The Morgan fingerprint density at radius 3 is 2.67 bits per heavy atom. The van der Waals surface area contributed by atoms with Gasteiger partial charge in [-0.2, -0.15) is 5.10 Å². The van der Waals surface area contributed by atoms with Crippen LogP contribution in [-0.4, -0.2) is 15.7 Å². The van der Waals surface area contributed by atoms with Gasteiger partial charge in [0, 0.05) is 18.9 Å². The molecule has 0 atom stereocenters. The summed E-state index contributed by atoms with van der Waals surface area (Å²) in [5, 5.41) is 7.34. The molecule has 94 valence electrons. The molecular weight excluding hydrogens is 230 g/mol. The maximum absolute atomic E-state index is 11.4. The Hall–Kier alpha value is -2.50. The molecule has 6 nitrogen and oxygen atoms in total. The first-order valence-corrected chi connectivity index (χ1v) is 5.44. The zero-order valence-corrected chi connectivity index (χ0v) is 10.3. The van der Waals surface area contributed by atoms with Crippen molar-refractivity contribution in [3.05, 3.63) is 35.7 Å². The highest BCUT2D eigenvalue weighted by atomic mass is 16.1.